The van der Waals surface area contributed by atoms with Gasteiger partial charge in [-0.25, -0.2) is 0 Å². The highest BCUT2D eigenvalue weighted by atomic mass is 32.2. The van der Waals surface area contributed by atoms with E-state index in [2.05, 4.69) is 17.1 Å². The summed E-state index contributed by atoms with van der Waals surface area (Å²) in [5.41, 5.74) is 0. The van der Waals surface area contributed by atoms with Gasteiger partial charge in [0.05, 0.1) is 5.37 Å². The highest BCUT2D eigenvalue weighted by molar-refractivity contribution is 8.07. The molecule has 2 fully saturated rings. The lowest BCUT2D eigenvalue weighted by Gasteiger charge is -2.06. The van der Waals surface area contributed by atoms with Crippen molar-refractivity contribution in [2.75, 3.05) is 6.54 Å². The second-order valence-corrected chi connectivity index (χ2v) is 3.58. The third kappa shape index (κ3) is 0.662. The number of fused-ring (bicyclic) bond motifs is 1. The predicted octanol–water partition coefficient (Wildman–Crippen LogP) is 0.811. The molecular weight excluding hydrogens is 106 g/mol. The molecule has 7 heavy (non-hydrogen) atoms. The van der Waals surface area contributed by atoms with Crippen LogP contribution in [0.25, 0.3) is 0 Å². The van der Waals surface area contributed by atoms with E-state index in [1.807, 2.05) is 0 Å². The average Bonchev–Trinajstić information content (AvgIpc) is 2.41. The summed E-state index contributed by atoms with van der Waals surface area (Å²) in [7, 11) is 0. The van der Waals surface area contributed by atoms with Crippen molar-refractivity contribution < 1.29 is 0 Å². The molecule has 2 atom stereocenters. The zero-order valence-corrected chi connectivity index (χ0v) is 5.00. The Morgan fingerprint density at radius 3 is 3.14 bits per heavy atom. The van der Waals surface area contributed by atoms with Gasteiger partial charge in [0.25, 0.3) is 0 Å². The molecule has 0 aromatic rings. The fraction of sp³-hybridized carbons (Fsp3) is 1.00. The molecule has 0 bridgehead atoms. The quantitative estimate of drug-likeness (QED) is 0.469. The Bertz CT molecular complexity index is 74.1. The topological polar surface area (TPSA) is 12.0 Å². The first-order valence-electron chi connectivity index (χ1n) is 2.86. The lowest BCUT2D eigenvalue weighted by molar-refractivity contribution is 0.549. The molecule has 0 amide bonds. The Kier molecular flexibility index (Phi) is 0.837. The highest BCUT2D eigenvalue weighted by Crippen LogP contribution is 2.44. The molecule has 40 valence electrons. The van der Waals surface area contributed by atoms with Gasteiger partial charge >= 0.3 is 0 Å². The Morgan fingerprint density at radius 2 is 2.57 bits per heavy atom. The van der Waals surface area contributed by atoms with Gasteiger partial charge in [-0.3, -0.25) is 0 Å². The molecule has 2 unspecified atom stereocenters. The summed E-state index contributed by atoms with van der Waals surface area (Å²) in [5, 5.41) is 5.30. The van der Waals surface area contributed by atoms with Crippen molar-refractivity contribution in [3.63, 3.8) is 0 Å². The van der Waals surface area contributed by atoms with Crippen LogP contribution in [0.2, 0.25) is 0 Å². The maximum Gasteiger partial charge on any atom is 0.0656 e. The maximum atomic E-state index is 3.42. The molecule has 2 saturated heterocycles. The van der Waals surface area contributed by atoms with Crippen LogP contribution in [0.3, 0.4) is 0 Å². The minimum atomic E-state index is 0.869. The van der Waals surface area contributed by atoms with Crippen LogP contribution < -0.4 is 5.32 Å². The van der Waals surface area contributed by atoms with Gasteiger partial charge in [0, 0.05) is 5.25 Å². The van der Waals surface area contributed by atoms with Crippen molar-refractivity contribution in [1.29, 1.82) is 0 Å². The van der Waals surface area contributed by atoms with Crippen molar-refractivity contribution in [1.82, 2.24) is 5.32 Å². The van der Waals surface area contributed by atoms with E-state index in [-0.39, 0.29) is 0 Å². The normalized spacial score (nSPS) is 48.0. The molecule has 0 aromatic carbocycles. The predicted molar refractivity (Wildman–Crippen MR) is 32.4 cm³/mol. The van der Waals surface area contributed by atoms with Gasteiger partial charge in [-0.15, -0.1) is 11.8 Å². The fourth-order valence-corrected chi connectivity index (χ4v) is 2.12. The van der Waals surface area contributed by atoms with Crippen molar-refractivity contribution in [3.8, 4) is 0 Å². The van der Waals surface area contributed by atoms with E-state index in [4.69, 9.17) is 0 Å². The largest absolute Gasteiger partial charge is 0.304 e. The van der Waals surface area contributed by atoms with Crippen LogP contribution in [-0.4, -0.2) is 17.2 Å². The van der Waals surface area contributed by atoms with Gasteiger partial charge in [0.1, 0.15) is 0 Å². The molecule has 0 aromatic heterocycles. The zero-order valence-electron chi connectivity index (χ0n) is 4.18. The summed E-state index contributed by atoms with van der Waals surface area (Å²) in [6.07, 6.45) is 2.86. The smallest absolute Gasteiger partial charge is 0.0656 e. The monoisotopic (exact) mass is 115 g/mol. The molecular formula is C5H9NS. The number of thioether (sulfide) groups is 1. The van der Waals surface area contributed by atoms with Gasteiger partial charge in [-0.1, -0.05) is 0 Å². The number of rotatable bonds is 0. The second kappa shape index (κ2) is 1.39. The SMILES string of the molecule is C1CNC2SC2C1. The van der Waals surface area contributed by atoms with Crippen LogP contribution >= 0.6 is 11.8 Å². The first-order chi connectivity index (χ1) is 3.47. The summed E-state index contributed by atoms with van der Waals surface area (Å²) in [5.74, 6) is 0. The molecule has 0 saturated carbocycles. The van der Waals surface area contributed by atoms with Crippen molar-refractivity contribution in [2.45, 2.75) is 23.5 Å². The van der Waals surface area contributed by atoms with E-state index in [1.165, 1.54) is 19.4 Å². The van der Waals surface area contributed by atoms with Crippen LogP contribution in [0, 0.1) is 0 Å². The van der Waals surface area contributed by atoms with Gasteiger partial charge in [-0.2, -0.15) is 0 Å². The van der Waals surface area contributed by atoms with E-state index in [0.29, 0.717) is 0 Å². The molecule has 2 aliphatic rings. The third-order valence-electron chi connectivity index (χ3n) is 1.59. The van der Waals surface area contributed by atoms with Crippen LogP contribution in [0.15, 0.2) is 0 Å². The number of hydrogen-bond donors (Lipinski definition) is 1. The molecule has 1 nitrogen and oxygen atoms in total. The molecule has 2 heteroatoms. The van der Waals surface area contributed by atoms with E-state index in [9.17, 15) is 0 Å². The van der Waals surface area contributed by atoms with E-state index >= 15 is 0 Å². The molecule has 1 N–H and O–H groups in total. The van der Waals surface area contributed by atoms with Gasteiger partial charge in [0.15, 0.2) is 0 Å². The zero-order chi connectivity index (χ0) is 4.69. The van der Waals surface area contributed by atoms with Crippen molar-refractivity contribution in [2.24, 2.45) is 0 Å². The first kappa shape index (κ1) is 4.21. The third-order valence-corrected chi connectivity index (χ3v) is 2.93. The summed E-state index contributed by atoms with van der Waals surface area (Å²) in [6.45, 7) is 1.26. The molecule has 0 spiro atoms. The van der Waals surface area contributed by atoms with Crippen LogP contribution in [0.4, 0.5) is 0 Å². The molecule has 0 radical (unpaired) electrons. The Labute approximate surface area is 47.9 Å². The van der Waals surface area contributed by atoms with Gasteiger partial charge in [-0.05, 0) is 19.4 Å². The fourth-order valence-electron chi connectivity index (χ4n) is 1.09. The summed E-state index contributed by atoms with van der Waals surface area (Å²) >= 11 is 2.09. The van der Waals surface area contributed by atoms with Crippen LogP contribution in [0.5, 0.6) is 0 Å². The Morgan fingerprint density at radius 1 is 1.57 bits per heavy atom. The first-order valence-corrected chi connectivity index (χ1v) is 3.80. The maximum absolute atomic E-state index is 3.42. The van der Waals surface area contributed by atoms with Crippen LogP contribution in [-0.2, 0) is 0 Å². The molecule has 2 rings (SSSR count). The Hall–Kier alpha value is 0.310. The number of hydrogen-bond acceptors (Lipinski definition) is 2. The summed E-state index contributed by atoms with van der Waals surface area (Å²) < 4.78 is 0. The molecule has 2 aliphatic heterocycles. The van der Waals surface area contributed by atoms with Crippen LogP contribution in [0.1, 0.15) is 12.8 Å². The van der Waals surface area contributed by atoms with Gasteiger partial charge < -0.3 is 5.32 Å². The standard InChI is InChI=1S/C5H9NS/c1-2-4-5(7-4)6-3-1/h4-6H,1-3H2. The lowest BCUT2D eigenvalue weighted by atomic mass is 10.2. The van der Waals surface area contributed by atoms with E-state index < -0.39 is 0 Å². The van der Waals surface area contributed by atoms with Crippen molar-refractivity contribution >= 4 is 11.8 Å². The Balaban J connectivity index is 1.95. The van der Waals surface area contributed by atoms with Crippen molar-refractivity contribution in [3.05, 3.63) is 0 Å². The van der Waals surface area contributed by atoms with Gasteiger partial charge in [0.2, 0.25) is 0 Å². The minimum Gasteiger partial charge on any atom is -0.304 e. The minimum absolute atomic E-state index is 0.869. The lowest BCUT2D eigenvalue weighted by Crippen LogP contribution is -2.25. The summed E-state index contributed by atoms with van der Waals surface area (Å²) in [4.78, 5) is 0. The molecule has 0 aliphatic carbocycles. The number of nitrogens with one attached hydrogen (secondary N) is 1. The summed E-state index contributed by atoms with van der Waals surface area (Å²) in [6, 6.07) is 0. The highest BCUT2D eigenvalue weighted by Gasteiger charge is 2.39. The number of piperidine rings is 1. The average molecular weight is 115 g/mol. The molecule has 2 heterocycles. The second-order valence-electron chi connectivity index (χ2n) is 2.19. The van der Waals surface area contributed by atoms with E-state index in [1.54, 1.807) is 0 Å². The van der Waals surface area contributed by atoms with E-state index in [0.717, 1.165) is 10.6 Å².